The maximum Gasteiger partial charge on any atom is 0.329 e. The van der Waals surface area contributed by atoms with E-state index >= 15 is 0 Å². The van der Waals surface area contributed by atoms with Gasteiger partial charge in [0.05, 0.1) is 5.71 Å². The van der Waals surface area contributed by atoms with E-state index in [9.17, 15) is 9.59 Å². The first-order valence-corrected chi connectivity index (χ1v) is 8.43. The molecule has 0 saturated carbocycles. The van der Waals surface area contributed by atoms with Crippen LogP contribution in [0.25, 0.3) is 11.2 Å². The van der Waals surface area contributed by atoms with Crippen LogP contribution in [0, 0.1) is 5.92 Å². The van der Waals surface area contributed by atoms with E-state index in [0.29, 0.717) is 23.7 Å². The first kappa shape index (κ1) is 17.7. The van der Waals surface area contributed by atoms with Gasteiger partial charge in [0.15, 0.2) is 11.2 Å². The minimum Gasteiger partial charge on any atom is -0.303 e. The summed E-state index contributed by atoms with van der Waals surface area (Å²) in [6.07, 6.45) is 0. The highest BCUT2D eigenvalue weighted by Gasteiger charge is 2.17. The molecule has 0 spiro atoms. The lowest BCUT2D eigenvalue weighted by Crippen LogP contribution is -2.29. The average Bonchev–Trinajstić information content (AvgIpc) is 2.97. The molecule has 8 heteroatoms. The van der Waals surface area contributed by atoms with Crippen molar-refractivity contribution in [3.05, 3.63) is 56.7 Å². The van der Waals surface area contributed by atoms with Crippen LogP contribution in [0.4, 0.5) is 5.95 Å². The van der Waals surface area contributed by atoms with Gasteiger partial charge >= 0.3 is 5.69 Å². The first-order valence-electron chi connectivity index (χ1n) is 8.43. The zero-order valence-electron chi connectivity index (χ0n) is 15.3. The fourth-order valence-corrected chi connectivity index (χ4v) is 2.74. The Labute approximate surface area is 150 Å². The van der Waals surface area contributed by atoms with Crippen LogP contribution in [0.2, 0.25) is 0 Å². The number of aromatic nitrogens is 4. The largest absolute Gasteiger partial charge is 0.329 e. The standard InChI is InChI=1S/C18H22N6O2/c1-11(2)10-24-14-15(23(4)18(26)20-16(14)25)19-17(24)22-21-12(3)13-8-6-5-7-9-13/h5-9,11H,10H2,1-4H3,(H,19,22)(H,20,25,26)/b21-12-. The third-order valence-corrected chi connectivity index (χ3v) is 4.07. The molecule has 0 radical (unpaired) electrons. The molecule has 136 valence electrons. The average molecular weight is 354 g/mol. The van der Waals surface area contributed by atoms with Crippen LogP contribution in [-0.4, -0.2) is 24.8 Å². The van der Waals surface area contributed by atoms with Gasteiger partial charge in [-0.3, -0.25) is 14.3 Å². The van der Waals surface area contributed by atoms with E-state index in [1.807, 2.05) is 51.1 Å². The summed E-state index contributed by atoms with van der Waals surface area (Å²) in [5, 5.41) is 4.39. The maximum absolute atomic E-state index is 12.3. The summed E-state index contributed by atoms with van der Waals surface area (Å²) in [7, 11) is 1.58. The van der Waals surface area contributed by atoms with Crippen molar-refractivity contribution < 1.29 is 0 Å². The van der Waals surface area contributed by atoms with Gasteiger partial charge in [-0.2, -0.15) is 10.1 Å². The zero-order valence-corrected chi connectivity index (χ0v) is 15.3. The van der Waals surface area contributed by atoms with E-state index in [2.05, 4.69) is 20.5 Å². The van der Waals surface area contributed by atoms with Gasteiger partial charge in [0, 0.05) is 13.6 Å². The predicted octanol–water partition coefficient (Wildman–Crippen LogP) is 1.92. The van der Waals surface area contributed by atoms with Crippen LogP contribution >= 0.6 is 0 Å². The summed E-state index contributed by atoms with van der Waals surface area (Å²) in [5.41, 5.74) is 4.46. The minimum atomic E-state index is -0.493. The smallest absolute Gasteiger partial charge is 0.303 e. The van der Waals surface area contributed by atoms with Crippen molar-refractivity contribution in [2.24, 2.45) is 18.1 Å². The molecule has 0 saturated heterocycles. The Morgan fingerprint density at radius 3 is 2.62 bits per heavy atom. The molecule has 1 aromatic carbocycles. The second-order valence-electron chi connectivity index (χ2n) is 6.61. The van der Waals surface area contributed by atoms with Crippen LogP contribution in [-0.2, 0) is 13.6 Å². The number of hydrazone groups is 1. The predicted molar refractivity (Wildman–Crippen MR) is 103 cm³/mol. The molecular formula is C18H22N6O2. The number of nitrogens with zero attached hydrogens (tertiary/aromatic N) is 4. The Balaban J connectivity index is 2.10. The number of aryl methyl sites for hydroxylation is 1. The Morgan fingerprint density at radius 2 is 1.96 bits per heavy atom. The van der Waals surface area contributed by atoms with E-state index in [4.69, 9.17) is 0 Å². The third-order valence-electron chi connectivity index (χ3n) is 4.07. The Hall–Kier alpha value is -3.16. The summed E-state index contributed by atoms with van der Waals surface area (Å²) in [6, 6.07) is 9.76. The van der Waals surface area contributed by atoms with Crippen molar-refractivity contribution in [1.82, 2.24) is 19.1 Å². The number of fused-ring (bicyclic) bond motifs is 1. The quantitative estimate of drug-likeness (QED) is 0.540. The maximum atomic E-state index is 12.3. The van der Waals surface area contributed by atoms with Gasteiger partial charge in [-0.15, -0.1) is 0 Å². The number of nitrogens with one attached hydrogen (secondary N) is 2. The summed E-state index contributed by atoms with van der Waals surface area (Å²) in [4.78, 5) is 31.0. The van der Waals surface area contributed by atoms with Crippen molar-refractivity contribution in [2.75, 3.05) is 5.43 Å². The zero-order chi connectivity index (χ0) is 18.8. The Kier molecular flexibility index (Phi) is 4.75. The lowest BCUT2D eigenvalue weighted by atomic mass is 10.1. The van der Waals surface area contributed by atoms with Crippen molar-refractivity contribution >= 4 is 22.8 Å². The van der Waals surface area contributed by atoms with E-state index in [1.165, 1.54) is 4.57 Å². The fourth-order valence-electron chi connectivity index (χ4n) is 2.74. The normalized spacial score (nSPS) is 12.1. The van der Waals surface area contributed by atoms with Gasteiger partial charge in [0.1, 0.15) is 0 Å². The van der Waals surface area contributed by atoms with Gasteiger partial charge in [0.2, 0.25) is 5.95 Å². The van der Waals surface area contributed by atoms with Gasteiger partial charge in [-0.25, -0.2) is 10.2 Å². The highest BCUT2D eigenvalue weighted by atomic mass is 16.2. The second-order valence-corrected chi connectivity index (χ2v) is 6.61. The van der Waals surface area contributed by atoms with E-state index in [-0.39, 0.29) is 5.92 Å². The second kappa shape index (κ2) is 6.99. The fraction of sp³-hybridized carbons (Fsp3) is 0.333. The van der Waals surface area contributed by atoms with Crippen molar-refractivity contribution in [3.63, 3.8) is 0 Å². The van der Waals surface area contributed by atoms with Crippen molar-refractivity contribution in [1.29, 1.82) is 0 Å². The van der Waals surface area contributed by atoms with Crippen molar-refractivity contribution in [3.8, 4) is 0 Å². The van der Waals surface area contributed by atoms with Gasteiger partial charge in [0.25, 0.3) is 5.56 Å². The van der Waals surface area contributed by atoms with Crippen molar-refractivity contribution in [2.45, 2.75) is 27.3 Å². The molecule has 0 aliphatic rings. The summed E-state index contributed by atoms with van der Waals surface area (Å²) < 4.78 is 3.09. The van der Waals surface area contributed by atoms with Crippen LogP contribution in [0.3, 0.4) is 0 Å². The minimum absolute atomic E-state index is 0.281. The Morgan fingerprint density at radius 1 is 1.27 bits per heavy atom. The lowest BCUT2D eigenvalue weighted by molar-refractivity contribution is 0.535. The molecule has 2 heterocycles. The first-order chi connectivity index (χ1) is 12.4. The number of anilines is 1. The molecule has 0 fully saturated rings. The summed E-state index contributed by atoms with van der Waals surface area (Å²) >= 11 is 0. The molecule has 8 nitrogen and oxygen atoms in total. The molecule has 0 amide bonds. The van der Waals surface area contributed by atoms with Crippen LogP contribution in [0.15, 0.2) is 45.0 Å². The summed E-state index contributed by atoms with van der Waals surface area (Å²) in [5.74, 6) is 0.708. The number of rotatable bonds is 5. The molecule has 0 aliphatic carbocycles. The van der Waals surface area contributed by atoms with E-state index in [1.54, 1.807) is 11.6 Å². The number of hydrogen-bond donors (Lipinski definition) is 2. The highest BCUT2D eigenvalue weighted by Crippen LogP contribution is 2.17. The molecular weight excluding hydrogens is 332 g/mol. The van der Waals surface area contributed by atoms with Crippen LogP contribution in [0.5, 0.6) is 0 Å². The van der Waals surface area contributed by atoms with E-state index < -0.39 is 11.2 Å². The van der Waals surface area contributed by atoms with Crippen LogP contribution < -0.4 is 16.7 Å². The van der Waals surface area contributed by atoms with Gasteiger partial charge < -0.3 is 4.57 Å². The number of benzene rings is 1. The molecule has 2 aromatic heterocycles. The third kappa shape index (κ3) is 3.30. The highest BCUT2D eigenvalue weighted by molar-refractivity contribution is 5.99. The SMILES string of the molecule is C/C(=N/Nc1nc2c(c(=O)[nH]c(=O)n2C)n1CC(C)C)c1ccccc1. The molecule has 26 heavy (non-hydrogen) atoms. The van der Waals surface area contributed by atoms with Gasteiger partial charge in [-0.05, 0) is 18.4 Å². The molecule has 0 bridgehead atoms. The van der Waals surface area contributed by atoms with Gasteiger partial charge in [-0.1, -0.05) is 44.2 Å². The molecule has 0 aliphatic heterocycles. The summed E-state index contributed by atoms with van der Waals surface area (Å²) in [6.45, 7) is 6.55. The lowest BCUT2D eigenvalue weighted by Gasteiger charge is -2.11. The molecule has 0 atom stereocenters. The number of hydrogen-bond acceptors (Lipinski definition) is 5. The van der Waals surface area contributed by atoms with E-state index in [0.717, 1.165) is 11.3 Å². The van der Waals surface area contributed by atoms with Crippen LogP contribution in [0.1, 0.15) is 26.3 Å². The molecule has 3 rings (SSSR count). The number of aromatic amines is 1. The molecule has 3 aromatic rings. The molecule has 0 unspecified atom stereocenters. The monoisotopic (exact) mass is 354 g/mol. The molecule has 2 N–H and O–H groups in total. The Bertz CT molecular complexity index is 1070. The number of H-pyrrole nitrogens is 1. The topological polar surface area (TPSA) is 97.1 Å². The number of imidazole rings is 1.